The van der Waals surface area contributed by atoms with Crippen molar-refractivity contribution < 1.29 is 9.53 Å². The van der Waals surface area contributed by atoms with Gasteiger partial charge in [-0.2, -0.15) is 0 Å². The number of carbonyl (C=O) groups excluding carboxylic acids is 1. The first-order valence-electron chi connectivity index (χ1n) is 7.29. The molecule has 0 aliphatic carbocycles. The van der Waals surface area contributed by atoms with Crippen molar-refractivity contribution in [3.05, 3.63) is 0 Å². The highest BCUT2D eigenvalue weighted by atomic mass is 16.5. The maximum atomic E-state index is 12.4. The van der Waals surface area contributed by atoms with Crippen molar-refractivity contribution in [2.75, 3.05) is 19.8 Å². The van der Waals surface area contributed by atoms with Crippen molar-refractivity contribution in [2.24, 2.45) is 5.92 Å². The molecule has 0 aromatic carbocycles. The van der Waals surface area contributed by atoms with Gasteiger partial charge in [0.05, 0.1) is 18.8 Å². The van der Waals surface area contributed by atoms with Gasteiger partial charge in [-0.3, -0.25) is 10.1 Å². The molecule has 0 saturated carbocycles. The van der Waals surface area contributed by atoms with Crippen LogP contribution >= 0.6 is 0 Å². The van der Waals surface area contributed by atoms with Crippen LogP contribution in [0.4, 0.5) is 0 Å². The molecule has 1 rings (SSSR count). The van der Waals surface area contributed by atoms with Crippen LogP contribution in [0, 0.1) is 5.92 Å². The minimum absolute atomic E-state index is 0.00632. The lowest BCUT2D eigenvalue weighted by Gasteiger charge is -2.23. The molecule has 1 N–H and O–H groups in total. The normalized spacial score (nSPS) is 25.8. The molecule has 1 amide bonds. The Kier molecular flexibility index (Phi) is 6.65. The van der Waals surface area contributed by atoms with E-state index >= 15 is 0 Å². The number of hydrogen-bond acceptors (Lipinski definition) is 3. The van der Waals surface area contributed by atoms with Crippen molar-refractivity contribution in [3.63, 3.8) is 0 Å². The van der Waals surface area contributed by atoms with E-state index in [9.17, 15) is 4.79 Å². The summed E-state index contributed by atoms with van der Waals surface area (Å²) in [5.74, 6) is 0.649. The molecule has 4 heteroatoms. The largest absolute Gasteiger partial charge is 0.380 e. The minimum Gasteiger partial charge on any atom is -0.380 e. The standard InChI is InChI=1S/C14H28N2O2/c1-5-8-12-15-13(11(4)6-2)14(17)16(12)9-10-18-7-3/h11-13,15H,5-10H2,1-4H3. The zero-order valence-corrected chi connectivity index (χ0v) is 12.2. The highest BCUT2D eigenvalue weighted by molar-refractivity contribution is 5.84. The number of amides is 1. The first kappa shape index (κ1) is 15.4. The van der Waals surface area contributed by atoms with E-state index in [1.54, 1.807) is 0 Å². The highest BCUT2D eigenvalue weighted by Crippen LogP contribution is 2.21. The first-order valence-corrected chi connectivity index (χ1v) is 7.29. The molecule has 0 aromatic heterocycles. The van der Waals surface area contributed by atoms with Crippen LogP contribution in [0.25, 0.3) is 0 Å². The Labute approximate surface area is 111 Å². The third-order valence-electron chi connectivity index (χ3n) is 3.75. The van der Waals surface area contributed by atoms with Crippen molar-refractivity contribution in [1.29, 1.82) is 0 Å². The molecule has 1 heterocycles. The van der Waals surface area contributed by atoms with Crippen molar-refractivity contribution in [1.82, 2.24) is 10.2 Å². The van der Waals surface area contributed by atoms with Gasteiger partial charge in [-0.05, 0) is 19.3 Å². The van der Waals surface area contributed by atoms with E-state index in [4.69, 9.17) is 4.74 Å². The second-order valence-electron chi connectivity index (χ2n) is 5.06. The number of hydrogen-bond donors (Lipinski definition) is 1. The second-order valence-corrected chi connectivity index (χ2v) is 5.06. The van der Waals surface area contributed by atoms with E-state index in [2.05, 4.69) is 26.1 Å². The smallest absolute Gasteiger partial charge is 0.241 e. The van der Waals surface area contributed by atoms with Crippen LogP contribution in [0.3, 0.4) is 0 Å². The van der Waals surface area contributed by atoms with Gasteiger partial charge in [0.2, 0.25) is 5.91 Å². The lowest BCUT2D eigenvalue weighted by atomic mass is 9.99. The zero-order chi connectivity index (χ0) is 13.5. The Morgan fingerprint density at radius 3 is 2.67 bits per heavy atom. The first-order chi connectivity index (χ1) is 8.65. The summed E-state index contributed by atoms with van der Waals surface area (Å²) in [7, 11) is 0. The summed E-state index contributed by atoms with van der Waals surface area (Å²) in [5, 5.41) is 3.49. The summed E-state index contributed by atoms with van der Waals surface area (Å²) in [5.41, 5.74) is 0. The maximum absolute atomic E-state index is 12.4. The lowest BCUT2D eigenvalue weighted by Crippen LogP contribution is -2.39. The third-order valence-corrected chi connectivity index (χ3v) is 3.75. The van der Waals surface area contributed by atoms with Gasteiger partial charge in [0, 0.05) is 13.2 Å². The fraction of sp³-hybridized carbons (Fsp3) is 0.929. The van der Waals surface area contributed by atoms with Gasteiger partial charge in [0.25, 0.3) is 0 Å². The van der Waals surface area contributed by atoms with E-state index < -0.39 is 0 Å². The number of carbonyl (C=O) groups is 1. The van der Waals surface area contributed by atoms with E-state index in [0.717, 1.165) is 19.3 Å². The summed E-state index contributed by atoms with van der Waals surface area (Å²) < 4.78 is 5.37. The van der Waals surface area contributed by atoms with Gasteiger partial charge in [0.1, 0.15) is 0 Å². The molecular weight excluding hydrogens is 228 g/mol. The third kappa shape index (κ3) is 3.69. The quantitative estimate of drug-likeness (QED) is 0.675. The molecule has 106 valence electrons. The van der Waals surface area contributed by atoms with Crippen LogP contribution in [0.1, 0.15) is 47.0 Å². The Hall–Kier alpha value is -0.610. The zero-order valence-electron chi connectivity index (χ0n) is 12.2. The van der Waals surface area contributed by atoms with Crippen LogP contribution in [0.2, 0.25) is 0 Å². The Balaban J connectivity index is 2.62. The van der Waals surface area contributed by atoms with Crippen molar-refractivity contribution in [3.8, 4) is 0 Å². The number of rotatable bonds is 8. The summed E-state index contributed by atoms with van der Waals surface area (Å²) in [6, 6.07) is -0.00632. The van der Waals surface area contributed by atoms with Gasteiger partial charge in [-0.1, -0.05) is 33.6 Å². The van der Waals surface area contributed by atoms with E-state index in [-0.39, 0.29) is 18.1 Å². The number of ether oxygens (including phenoxy) is 1. The predicted molar refractivity (Wildman–Crippen MR) is 73.3 cm³/mol. The average molecular weight is 256 g/mol. The van der Waals surface area contributed by atoms with E-state index in [1.807, 2.05) is 11.8 Å². The van der Waals surface area contributed by atoms with Crippen LogP contribution in [0.15, 0.2) is 0 Å². The van der Waals surface area contributed by atoms with Crippen LogP contribution < -0.4 is 5.32 Å². The topological polar surface area (TPSA) is 41.6 Å². The molecule has 1 aliphatic rings. The van der Waals surface area contributed by atoms with Crippen LogP contribution in [-0.4, -0.2) is 42.8 Å². The van der Waals surface area contributed by atoms with E-state index in [0.29, 0.717) is 25.7 Å². The molecule has 4 nitrogen and oxygen atoms in total. The summed E-state index contributed by atoms with van der Waals surface area (Å²) in [6.07, 6.45) is 3.33. The Morgan fingerprint density at radius 1 is 1.39 bits per heavy atom. The summed E-state index contributed by atoms with van der Waals surface area (Å²) >= 11 is 0. The number of nitrogens with one attached hydrogen (secondary N) is 1. The molecule has 3 unspecified atom stereocenters. The molecule has 3 atom stereocenters. The van der Waals surface area contributed by atoms with Crippen molar-refractivity contribution >= 4 is 5.91 Å². The van der Waals surface area contributed by atoms with Gasteiger partial charge in [-0.25, -0.2) is 0 Å². The predicted octanol–water partition coefficient (Wildman–Crippen LogP) is 2.00. The fourth-order valence-corrected chi connectivity index (χ4v) is 2.43. The van der Waals surface area contributed by atoms with Crippen LogP contribution in [-0.2, 0) is 9.53 Å². The molecule has 0 bridgehead atoms. The van der Waals surface area contributed by atoms with E-state index in [1.165, 1.54) is 0 Å². The Bertz CT molecular complexity index is 258. The lowest BCUT2D eigenvalue weighted by molar-refractivity contribution is -0.131. The van der Waals surface area contributed by atoms with Gasteiger partial charge >= 0.3 is 0 Å². The molecule has 18 heavy (non-hydrogen) atoms. The molecule has 1 fully saturated rings. The SMILES string of the molecule is CCCC1NC(C(C)CC)C(=O)N1CCOCC. The minimum atomic E-state index is -0.00632. The van der Waals surface area contributed by atoms with Crippen molar-refractivity contribution in [2.45, 2.75) is 59.2 Å². The highest BCUT2D eigenvalue weighted by Gasteiger charge is 2.39. The molecule has 0 radical (unpaired) electrons. The average Bonchev–Trinajstić information content (AvgIpc) is 2.67. The van der Waals surface area contributed by atoms with Gasteiger partial charge in [0.15, 0.2) is 0 Å². The number of nitrogens with zero attached hydrogens (tertiary/aromatic N) is 1. The monoisotopic (exact) mass is 256 g/mol. The van der Waals surface area contributed by atoms with Crippen LogP contribution in [0.5, 0.6) is 0 Å². The van der Waals surface area contributed by atoms with Gasteiger partial charge in [-0.15, -0.1) is 0 Å². The maximum Gasteiger partial charge on any atom is 0.241 e. The second kappa shape index (κ2) is 7.74. The summed E-state index contributed by atoms with van der Waals surface area (Å²) in [4.78, 5) is 14.4. The molecule has 0 aromatic rings. The van der Waals surface area contributed by atoms with Gasteiger partial charge < -0.3 is 9.64 Å². The summed E-state index contributed by atoms with van der Waals surface area (Å²) in [6.45, 7) is 10.5. The molecular formula is C14H28N2O2. The Morgan fingerprint density at radius 2 is 2.11 bits per heavy atom. The fourth-order valence-electron chi connectivity index (χ4n) is 2.43. The molecule has 0 spiro atoms. The molecule has 1 saturated heterocycles. The molecule has 1 aliphatic heterocycles.